The number of rotatable bonds is 3. The minimum Gasteiger partial charge on any atom is -0.244 e. The zero-order valence-electron chi connectivity index (χ0n) is 9.72. The molecule has 6 heteroatoms. The van der Waals surface area contributed by atoms with Crippen molar-refractivity contribution >= 4 is 22.6 Å². The van der Waals surface area contributed by atoms with Gasteiger partial charge in [-0.25, -0.2) is 4.79 Å². The fraction of sp³-hybridized carbons (Fsp3) is 0.364. The summed E-state index contributed by atoms with van der Waals surface area (Å²) in [6, 6.07) is 5.91. The van der Waals surface area contributed by atoms with E-state index in [0.29, 0.717) is 0 Å². The molecule has 0 N–H and O–H groups in total. The fourth-order valence-electron chi connectivity index (χ4n) is 1.66. The Balaban J connectivity index is 2.56. The zero-order chi connectivity index (χ0) is 12.4. The van der Waals surface area contributed by atoms with Crippen LogP contribution >= 0.6 is 22.6 Å². The lowest BCUT2D eigenvalue weighted by molar-refractivity contribution is 0.692. The van der Waals surface area contributed by atoms with E-state index in [0.717, 1.165) is 22.1 Å². The van der Waals surface area contributed by atoms with Crippen molar-refractivity contribution in [1.82, 2.24) is 19.8 Å². The summed E-state index contributed by atoms with van der Waals surface area (Å²) in [6.07, 6.45) is 2.08. The lowest BCUT2D eigenvalue weighted by atomic mass is 10.1. The molecule has 0 bridgehead atoms. The maximum atomic E-state index is 11.8. The third-order valence-electron chi connectivity index (χ3n) is 2.53. The highest BCUT2D eigenvalue weighted by molar-refractivity contribution is 14.1. The van der Waals surface area contributed by atoms with E-state index in [-0.39, 0.29) is 5.69 Å². The van der Waals surface area contributed by atoms with Gasteiger partial charge in [-0.15, -0.1) is 0 Å². The van der Waals surface area contributed by atoms with E-state index >= 15 is 0 Å². The minimum atomic E-state index is -0.225. The Morgan fingerprint density at radius 2 is 2.12 bits per heavy atom. The van der Waals surface area contributed by atoms with E-state index in [9.17, 15) is 4.79 Å². The van der Waals surface area contributed by atoms with Crippen molar-refractivity contribution in [2.45, 2.75) is 19.8 Å². The van der Waals surface area contributed by atoms with Gasteiger partial charge < -0.3 is 0 Å². The largest absolute Gasteiger partial charge is 0.368 e. The third-order valence-corrected chi connectivity index (χ3v) is 3.77. The van der Waals surface area contributed by atoms with Crippen molar-refractivity contribution in [2.75, 3.05) is 0 Å². The molecule has 0 saturated carbocycles. The summed E-state index contributed by atoms with van der Waals surface area (Å²) in [6.45, 7) is 2.14. The Bertz CT molecular complexity index is 587. The number of nitrogens with zero attached hydrogens (tertiary/aromatic N) is 4. The first-order valence-electron chi connectivity index (χ1n) is 5.42. The monoisotopic (exact) mass is 344 g/mol. The molecule has 0 spiro atoms. The first-order valence-corrected chi connectivity index (χ1v) is 6.49. The molecule has 1 aromatic carbocycles. The van der Waals surface area contributed by atoms with Gasteiger partial charge in [0.1, 0.15) is 0 Å². The van der Waals surface area contributed by atoms with Gasteiger partial charge in [0.25, 0.3) is 0 Å². The number of benzene rings is 1. The van der Waals surface area contributed by atoms with Crippen molar-refractivity contribution in [1.29, 1.82) is 0 Å². The Labute approximate surface area is 113 Å². The van der Waals surface area contributed by atoms with Gasteiger partial charge in [-0.3, -0.25) is 0 Å². The van der Waals surface area contributed by atoms with Gasteiger partial charge in [0, 0.05) is 10.6 Å². The van der Waals surface area contributed by atoms with E-state index in [1.54, 1.807) is 7.05 Å². The molecule has 90 valence electrons. The van der Waals surface area contributed by atoms with Crippen LogP contribution < -0.4 is 5.69 Å². The predicted molar refractivity (Wildman–Crippen MR) is 73.3 cm³/mol. The Hall–Kier alpha value is -1.18. The quantitative estimate of drug-likeness (QED) is 0.794. The molecule has 1 aromatic heterocycles. The van der Waals surface area contributed by atoms with Gasteiger partial charge in [0.2, 0.25) is 0 Å². The second kappa shape index (κ2) is 4.99. The molecule has 1 heterocycles. The topological polar surface area (TPSA) is 52.7 Å². The van der Waals surface area contributed by atoms with Crippen LogP contribution in [0.5, 0.6) is 0 Å². The van der Waals surface area contributed by atoms with Crippen LogP contribution in [-0.4, -0.2) is 19.8 Å². The standard InChI is InChI=1S/C11H13IN4O/c1-3-5-8-6-4-7-9(10(8)12)16-11(17)15(2)13-14-16/h4,6-7H,3,5H2,1-2H3. The van der Waals surface area contributed by atoms with Crippen LogP contribution in [0, 0.1) is 3.57 Å². The van der Waals surface area contributed by atoms with Crippen LogP contribution in [0.3, 0.4) is 0 Å². The molecule has 0 radical (unpaired) electrons. The molecule has 0 unspecified atom stereocenters. The molecule has 17 heavy (non-hydrogen) atoms. The summed E-state index contributed by atoms with van der Waals surface area (Å²) >= 11 is 2.26. The van der Waals surface area contributed by atoms with Crippen LogP contribution in [0.25, 0.3) is 5.69 Å². The SMILES string of the molecule is CCCc1cccc(-n2nnn(C)c2=O)c1I. The van der Waals surface area contributed by atoms with Crippen LogP contribution in [0.2, 0.25) is 0 Å². The van der Waals surface area contributed by atoms with E-state index in [4.69, 9.17) is 0 Å². The number of hydrogen-bond donors (Lipinski definition) is 0. The van der Waals surface area contributed by atoms with Crippen LogP contribution in [0.15, 0.2) is 23.0 Å². The minimum absolute atomic E-state index is 0.225. The summed E-state index contributed by atoms with van der Waals surface area (Å²) in [4.78, 5) is 11.8. The average Bonchev–Trinajstić information content (AvgIpc) is 2.64. The summed E-state index contributed by atoms with van der Waals surface area (Å²) in [5.74, 6) is 0. The highest BCUT2D eigenvalue weighted by atomic mass is 127. The molecule has 2 rings (SSSR count). The van der Waals surface area contributed by atoms with E-state index in [2.05, 4.69) is 46.0 Å². The maximum Gasteiger partial charge on any atom is 0.368 e. The van der Waals surface area contributed by atoms with Crippen LogP contribution in [0.4, 0.5) is 0 Å². The summed E-state index contributed by atoms with van der Waals surface area (Å²) in [5, 5.41) is 7.58. The lowest BCUT2D eigenvalue weighted by Gasteiger charge is -2.07. The summed E-state index contributed by atoms with van der Waals surface area (Å²) < 4.78 is 3.62. The zero-order valence-corrected chi connectivity index (χ0v) is 11.9. The molecule has 5 nitrogen and oxygen atoms in total. The van der Waals surface area contributed by atoms with E-state index in [1.165, 1.54) is 14.9 Å². The Kier molecular flexibility index (Phi) is 3.60. The first-order chi connectivity index (χ1) is 8.15. The predicted octanol–water partition coefficient (Wildman–Crippen LogP) is 1.52. The Morgan fingerprint density at radius 1 is 1.35 bits per heavy atom. The van der Waals surface area contributed by atoms with Crippen LogP contribution in [0.1, 0.15) is 18.9 Å². The van der Waals surface area contributed by atoms with Gasteiger partial charge >= 0.3 is 5.69 Å². The molecular weight excluding hydrogens is 331 g/mol. The molecule has 0 aliphatic rings. The lowest BCUT2D eigenvalue weighted by Crippen LogP contribution is -2.22. The highest BCUT2D eigenvalue weighted by Gasteiger charge is 2.11. The Morgan fingerprint density at radius 3 is 2.71 bits per heavy atom. The van der Waals surface area contributed by atoms with E-state index in [1.807, 2.05) is 12.1 Å². The number of halogens is 1. The summed E-state index contributed by atoms with van der Waals surface area (Å²) in [5.41, 5.74) is 1.81. The second-order valence-corrected chi connectivity index (χ2v) is 4.88. The molecule has 0 fully saturated rings. The smallest absolute Gasteiger partial charge is 0.244 e. The van der Waals surface area contributed by atoms with Gasteiger partial charge in [-0.1, -0.05) is 25.5 Å². The summed E-state index contributed by atoms with van der Waals surface area (Å²) in [7, 11) is 1.59. The van der Waals surface area contributed by atoms with Crippen molar-refractivity contribution in [3.63, 3.8) is 0 Å². The molecule has 2 aromatic rings. The van der Waals surface area contributed by atoms with Crippen molar-refractivity contribution in [3.05, 3.63) is 37.8 Å². The molecule has 0 saturated heterocycles. The van der Waals surface area contributed by atoms with Gasteiger partial charge in [-0.05, 0) is 51.1 Å². The van der Waals surface area contributed by atoms with E-state index < -0.39 is 0 Å². The van der Waals surface area contributed by atoms with Gasteiger partial charge in [0.05, 0.1) is 5.69 Å². The van der Waals surface area contributed by atoms with Crippen molar-refractivity contribution < 1.29 is 0 Å². The van der Waals surface area contributed by atoms with Gasteiger partial charge in [-0.2, -0.15) is 9.36 Å². The molecule has 0 amide bonds. The maximum absolute atomic E-state index is 11.8. The number of tetrazole rings is 1. The highest BCUT2D eigenvalue weighted by Crippen LogP contribution is 2.20. The van der Waals surface area contributed by atoms with Gasteiger partial charge in [0.15, 0.2) is 0 Å². The third kappa shape index (κ3) is 2.26. The van der Waals surface area contributed by atoms with Crippen molar-refractivity contribution in [2.24, 2.45) is 7.05 Å². The average molecular weight is 344 g/mol. The number of aryl methyl sites for hydroxylation is 2. The molecule has 0 atom stereocenters. The number of aromatic nitrogens is 4. The molecule has 0 aliphatic heterocycles. The number of hydrogen-bond acceptors (Lipinski definition) is 3. The second-order valence-electron chi connectivity index (χ2n) is 3.80. The molecule has 0 aliphatic carbocycles. The van der Waals surface area contributed by atoms with Crippen LogP contribution in [-0.2, 0) is 13.5 Å². The fourth-order valence-corrected chi connectivity index (χ4v) is 2.51. The normalized spacial score (nSPS) is 10.8. The first kappa shape index (κ1) is 12.3. The van der Waals surface area contributed by atoms with Crippen molar-refractivity contribution in [3.8, 4) is 5.69 Å². The molecular formula is C11H13IN4O.